The molecule has 0 spiro atoms. The van der Waals surface area contributed by atoms with Crippen LogP contribution in [0.4, 0.5) is 0 Å². The zero-order valence-electron chi connectivity index (χ0n) is 8.73. The largest absolute Gasteiger partial charge is 0.0561 e. The average Bonchev–Trinajstić information content (AvgIpc) is 1.82. The smallest absolute Gasteiger partial charge is 0.0280 e. The standard InChI is InChI=1S/C10H14/c1-7-5-8(2)10(4)9(3)6-7/h5-6H,1-4H3/i4D2. The van der Waals surface area contributed by atoms with Crippen LogP contribution in [0.2, 0.25) is 0 Å². The molecule has 0 saturated carbocycles. The summed E-state index contributed by atoms with van der Waals surface area (Å²) < 4.78 is 14.7. The van der Waals surface area contributed by atoms with Crippen molar-refractivity contribution in [2.75, 3.05) is 0 Å². The molecule has 0 saturated heterocycles. The Morgan fingerprint density at radius 2 is 1.60 bits per heavy atom. The third-order valence-corrected chi connectivity index (χ3v) is 1.74. The molecule has 0 N–H and O–H groups in total. The van der Waals surface area contributed by atoms with Gasteiger partial charge in [-0.2, -0.15) is 0 Å². The third-order valence-electron chi connectivity index (χ3n) is 1.74. The molecule has 0 radical (unpaired) electrons. The predicted octanol–water partition coefficient (Wildman–Crippen LogP) is 2.92. The minimum Gasteiger partial charge on any atom is -0.0561 e. The molecule has 0 heterocycles. The van der Waals surface area contributed by atoms with Gasteiger partial charge in [-0.05, 0) is 44.3 Å². The van der Waals surface area contributed by atoms with Crippen molar-refractivity contribution in [2.45, 2.75) is 27.6 Å². The molecule has 0 nitrogen and oxygen atoms in total. The summed E-state index contributed by atoms with van der Waals surface area (Å²) in [5, 5.41) is 0. The Balaban J connectivity index is 3.28. The number of aryl methyl sites for hydroxylation is 3. The number of benzene rings is 1. The summed E-state index contributed by atoms with van der Waals surface area (Å²) in [6.45, 7) is 5.11. The van der Waals surface area contributed by atoms with E-state index in [1.54, 1.807) is 0 Å². The minimum atomic E-state index is -0.856. The fourth-order valence-electron chi connectivity index (χ4n) is 1.19. The van der Waals surface area contributed by atoms with Crippen LogP contribution in [0.3, 0.4) is 0 Å². The molecule has 1 rings (SSSR count). The first-order chi connectivity index (χ1) is 5.52. The van der Waals surface area contributed by atoms with Gasteiger partial charge in [-0.15, -0.1) is 0 Å². The van der Waals surface area contributed by atoms with Crippen LogP contribution in [0.5, 0.6) is 0 Å². The van der Waals surface area contributed by atoms with Crippen molar-refractivity contribution in [3.8, 4) is 0 Å². The Morgan fingerprint density at radius 1 is 1.10 bits per heavy atom. The molecule has 0 bridgehead atoms. The van der Waals surface area contributed by atoms with Gasteiger partial charge in [0.2, 0.25) is 0 Å². The molecule has 0 unspecified atom stereocenters. The highest BCUT2D eigenvalue weighted by Gasteiger charge is 1.95. The van der Waals surface area contributed by atoms with Crippen molar-refractivity contribution in [3.05, 3.63) is 34.4 Å². The van der Waals surface area contributed by atoms with Gasteiger partial charge in [-0.25, -0.2) is 0 Å². The number of hydrogen-bond donors (Lipinski definition) is 0. The van der Waals surface area contributed by atoms with Crippen molar-refractivity contribution in [1.82, 2.24) is 0 Å². The molecule has 0 aliphatic carbocycles. The van der Waals surface area contributed by atoms with E-state index in [4.69, 9.17) is 2.74 Å². The maximum atomic E-state index is 7.34. The Morgan fingerprint density at radius 3 is 2.00 bits per heavy atom. The van der Waals surface area contributed by atoms with Crippen molar-refractivity contribution in [3.63, 3.8) is 0 Å². The highest BCUT2D eigenvalue weighted by molar-refractivity contribution is 5.35. The fraction of sp³-hybridized carbons (Fsp3) is 0.400. The van der Waals surface area contributed by atoms with Crippen molar-refractivity contribution < 1.29 is 2.74 Å². The van der Waals surface area contributed by atoms with Gasteiger partial charge in [0.25, 0.3) is 0 Å². The second kappa shape index (κ2) is 2.45. The van der Waals surface area contributed by atoms with Crippen LogP contribution in [0.1, 0.15) is 25.0 Å². The Kier molecular flexibility index (Phi) is 1.21. The van der Waals surface area contributed by atoms with Crippen LogP contribution in [0, 0.1) is 27.6 Å². The van der Waals surface area contributed by atoms with Gasteiger partial charge in [0.15, 0.2) is 0 Å². The molecule has 0 aliphatic heterocycles. The molecule has 0 heteroatoms. The first kappa shape index (κ1) is 4.95. The molecule has 1 aromatic rings. The summed E-state index contributed by atoms with van der Waals surface area (Å²) >= 11 is 0. The normalized spacial score (nSPS) is 13.2. The van der Waals surface area contributed by atoms with Crippen LogP contribution in [-0.4, -0.2) is 0 Å². The van der Waals surface area contributed by atoms with Crippen LogP contribution in [0.25, 0.3) is 0 Å². The summed E-state index contributed by atoms with van der Waals surface area (Å²) in [4.78, 5) is 0. The van der Waals surface area contributed by atoms with Gasteiger partial charge in [-0.1, -0.05) is 17.7 Å². The quantitative estimate of drug-likeness (QED) is 0.514. The Labute approximate surface area is 65.7 Å². The van der Waals surface area contributed by atoms with E-state index < -0.39 is 6.88 Å². The fourth-order valence-corrected chi connectivity index (χ4v) is 1.19. The second-order valence-electron chi connectivity index (χ2n) is 2.81. The maximum Gasteiger partial charge on any atom is 0.0280 e. The molecule has 10 heavy (non-hydrogen) atoms. The van der Waals surface area contributed by atoms with Gasteiger partial charge < -0.3 is 0 Å². The first-order valence-electron chi connectivity index (χ1n) is 4.60. The van der Waals surface area contributed by atoms with Gasteiger partial charge in [0, 0.05) is 2.74 Å². The average molecular weight is 136 g/mol. The van der Waals surface area contributed by atoms with E-state index in [1.807, 2.05) is 32.9 Å². The summed E-state index contributed by atoms with van der Waals surface area (Å²) in [7, 11) is 0. The van der Waals surface area contributed by atoms with Gasteiger partial charge in [0.1, 0.15) is 0 Å². The topological polar surface area (TPSA) is 0 Å². The summed E-state index contributed by atoms with van der Waals surface area (Å²) in [6.07, 6.45) is 0. The van der Waals surface area contributed by atoms with Crippen molar-refractivity contribution in [1.29, 1.82) is 0 Å². The zero-order valence-corrected chi connectivity index (χ0v) is 6.73. The van der Waals surface area contributed by atoms with E-state index in [0.29, 0.717) is 0 Å². The van der Waals surface area contributed by atoms with Gasteiger partial charge in [0.05, 0.1) is 0 Å². The molecule has 0 amide bonds. The highest BCUT2D eigenvalue weighted by Crippen LogP contribution is 2.13. The lowest BCUT2D eigenvalue weighted by molar-refractivity contribution is 1.23. The summed E-state index contributed by atoms with van der Waals surface area (Å²) in [6, 6.07) is 4.05. The molecule has 0 fully saturated rings. The lowest BCUT2D eigenvalue weighted by Gasteiger charge is -2.04. The van der Waals surface area contributed by atoms with Gasteiger partial charge in [-0.3, -0.25) is 0 Å². The molecular formula is C10H14. The number of rotatable bonds is 0. The zero-order chi connectivity index (χ0) is 9.30. The summed E-state index contributed by atoms with van der Waals surface area (Å²) in [5.41, 5.74) is 4.17. The summed E-state index contributed by atoms with van der Waals surface area (Å²) in [5.74, 6) is 0. The van der Waals surface area contributed by atoms with Crippen LogP contribution < -0.4 is 0 Å². The first-order valence-corrected chi connectivity index (χ1v) is 3.44. The molecule has 0 atom stereocenters. The molecular weight excluding hydrogens is 120 g/mol. The van der Waals surface area contributed by atoms with Crippen molar-refractivity contribution >= 4 is 0 Å². The van der Waals surface area contributed by atoms with Crippen LogP contribution >= 0.6 is 0 Å². The van der Waals surface area contributed by atoms with E-state index in [0.717, 1.165) is 16.7 Å². The Hall–Kier alpha value is -0.780. The van der Waals surface area contributed by atoms with E-state index in [9.17, 15) is 0 Å². The molecule has 0 aromatic heterocycles. The molecule has 0 aliphatic rings. The van der Waals surface area contributed by atoms with Gasteiger partial charge >= 0.3 is 0 Å². The SMILES string of the molecule is [2H]C([2H])c1c(C)cc(C)cc1C. The predicted molar refractivity (Wildman–Crippen MR) is 45.4 cm³/mol. The van der Waals surface area contributed by atoms with Crippen LogP contribution in [0.15, 0.2) is 12.1 Å². The monoisotopic (exact) mass is 136 g/mol. The highest BCUT2D eigenvalue weighted by atomic mass is 14.0. The van der Waals surface area contributed by atoms with E-state index >= 15 is 0 Å². The molecule has 54 valence electrons. The third kappa shape index (κ3) is 1.21. The lowest BCUT2D eigenvalue weighted by atomic mass is 10.0. The lowest BCUT2D eigenvalue weighted by Crippen LogP contribution is -1.86. The Bertz CT molecular complexity index is 267. The minimum absolute atomic E-state index is 0.848. The molecule has 1 aromatic carbocycles. The van der Waals surface area contributed by atoms with Crippen molar-refractivity contribution in [2.24, 2.45) is 0 Å². The number of hydrogen-bond acceptors (Lipinski definition) is 0. The van der Waals surface area contributed by atoms with Crippen LogP contribution in [-0.2, 0) is 0 Å². The second-order valence-corrected chi connectivity index (χ2v) is 2.81. The van der Waals surface area contributed by atoms with E-state index in [1.165, 1.54) is 5.56 Å². The van der Waals surface area contributed by atoms with E-state index in [-0.39, 0.29) is 0 Å². The van der Waals surface area contributed by atoms with E-state index in [2.05, 4.69) is 0 Å². The maximum absolute atomic E-state index is 7.34.